The van der Waals surface area contributed by atoms with Gasteiger partial charge < -0.3 is 4.74 Å². The molecule has 0 aromatic carbocycles. The van der Waals surface area contributed by atoms with Gasteiger partial charge in [0.2, 0.25) is 0 Å². The zero-order valence-electron chi connectivity index (χ0n) is 7.61. The quantitative estimate of drug-likeness (QED) is 0.652. The Morgan fingerprint density at radius 1 is 1.64 bits per heavy atom. The molecule has 0 saturated heterocycles. The molecule has 14 heavy (non-hydrogen) atoms. The maximum Gasteiger partial charge on any atom is 0.300 e. The fraction of sp³-hybridized carbons (Fsp3) is 0.333. The summed E-state index contributed by atoms with van der Waals surface area (Å²) in [6.45, 7) is 3.15. The molecule has 72 valence electrons. The largest absolute Gasteiger partial charge is 0.463 e. The molecule has 0 radical (unpaired) electrons. The van der Waals surface area contributed by atoms with E-state index in [-0.39, 0.29) is 5.56 Å². The normalized spacial score (nSPS) is 14.4. The Morgan fingerprint density at radius 2 is 2.50 bits per heavy atom. The summed E-state index contributed by atoms with van der Waals surface area (Å²) in [6, 6.07) is 2.35. The molecular weight excluding hydrogens is 200 g/mol. The molecule has 1 aliphatic heterocycles. The van der Waals surface area contributed by atoms with Crippen molar-refractivity contribution in [3.05, 3.63) is 21.3 Å². The highest BCUT2D eigenvalue weighted by molar-refractivity contribution is 7.18. The van der Waals surface area contributed by atoms with Crippen LogP contribution in [0.3, 0.4) is 0 Å². The first kappa shape index (κ1) is 7.99. The van der Waals surface area contributed by atoms with Gasteiger partial charge in [0.15, 0.2) is 0 Å². The predicted molar refractivity (Wildman–Crippen MR) is 54.1 cm³/mol. The third-order valence-electron chi connectivity index (χ3n) is 2.29. The lowest BCUT2D eigenvalue weighted by atomic mass is 10.4. The van der Waals surface area contributed by atoms with Gasteiger partial charge >= 0.3 is 6.01 Å². The van der Waals surface area contributed by atoms with Crippen LogP contribution in [0.5, 0.6) is 6.01 Å². The molecule has 0 unspecified atom stereocenters. The van der Waals surface area contributed by atoms with Gasteiger partial charge in [0.25, 0.3) is 5.56 Å². The van der Waals surface area contributed by atoms with Crippen LogP contribution >= 0.6 is 11.3 Å². The Bertz CT molecular complexity index is 570. The van der Waals surface area contributed by atoms with E-state index in [1.54, 1.807) is 4.57 Å². The van der Waals surface area contributed by atoms with Crippen molar-refractivity contribution in [3.8, 4) is 6.01 Å². The van der Waals surface area contributed by atoms with E-state index in [1.165, 1.54) is 11.3 Å². The predicted octanol–water partition coefficient (Wildman–Crippen LogP) is 1.16. The highest BCUT2D eigenvalue weighted by Crippen LogP contribution is 2.23. The first-order valence-electron chi connectivity index (χ1n) is 4.39. The number of rotatable bonds is 0. The van der Waals surface area contributed by atoms with Crippen LogP contribution in [0, 0.1) is 6.92 Å². The number of fused-ring (bicyclic) bond motifs is 2. The fourth-order valence-electron chi connectivity index (χ4n) is 1.65. The lowest BCUT2D eigenvalue weighted by Gasteiger charge is -1.97. The van der Waals surface area contributed by atoms with Gasteiger partial charge in [-0.05, 0) is 13.0 Å². The summed E-state index contributed by atoms with van der Waals surface area (Å²) < 4.78 is 6.85. The van der Waals surface area contributed by atoms with E-state index in [2.05, 4.69) is 4.98 Å². The Hall–Kier alpha value is -1.36. The van der Waals surface area contributed by atoms with Crippen molar-refractivity contribution in [2.45, 2.75) is 13.5 Å². The van der Waals surface area contributed by atoms with Crippen LogP contribution in [0.15, 0.2) is 10.9 Å². The van der Waals surface area contributed by atoms with Crippen molar-refractivity contribution in [2.24, 2.45) is 0 Å². The first-order chi connectivity index (χ1) is 6.75. The molecule has 0 atom stereocenters. The summed E-state index contributed by atoms with van der Waals surface area (Å²) in [6.07, 6.45) is 0. The third kappa shape index (κ3) is 0.928. The molecule has 2 aromatic rings. The number of ether oxygens (including phenoxy) is 1. The zero-order valence-corrected chi connectivity index (χ0v) is 8.43. The van der Waals surface area contributed by atoms with E-state index in [9.17, 15) is 4.79 Å². The molecule has 1 aliphatic rings. The van der Waals surface area contributed by atoms with Gasteiger partial charge in [-0.15, -0.1) is 11.3 Å². The minimum Gasteiger partial charge on any atom is -0.463 e. The van der Waals surface area contributed by atoms with Crippen LogP contribution in [0.2, 0.25) is 0 Å². The van der Waals surface area contributed by atoms with E-state index < -0.39 is 0 Å². The first-order valence-corrected chi connectivity index (χ1v) is 5.21. The van der Waals surface area contributed by atoms with Crippen molar-refractivity contribution >= 4 is 21.6 Å². The number of aromatic nitrogens is 2. The maximum absolute atomic E-state index is 11.9. The smallest absolute Gasteiger partial charge is 0.300 e. The molecule has 4 nitrogen and oxygen atoms in total. The molecule has 0 N–H and O–H groups in total. The Morgan fingerprint density at radius 3 is 3.36 bits per heavy atom. The van der Waals surface area contributed by atoms with Crippen molar-refractivity contribution in [1.82, 2.24) is 9.55 Å². The number of hydrogen-bond donors (Lipinski definition) is 0. The summed E-state index contributed by atoms with van der Waals surface area (Å²) in [5, 5.41) is 0.710. The van der Waals surface area contributed by atoms with Crippen LogP contribution in [-0.2, 0) is 6.54 Å². The topological polar surface area (TPSA) is 44.1 Å². The second-order valence-electron chi connectivity index (χ2n) is 3.28. The molecule has 0 fully saturated rings. The van der Waals surface area contributed by atoms with E-state index >= 15 is 0 Å². The SMILES string of the molecule is Cc1cc2c(=O)n3c(nc2s1)OCC3. The van der Waals surface area contributed by atoms with Gasteiger partial charge in [-0.2, -0.15) is 4.98 Å². The summed E-state index contributed by atoms with van der Waals surface area (Å²) in [5.74, 6) is 0. The van der Waals surface area contributed by atoms with Crippen LogP contribution in [0.1, 0.15) is 4.88 Å². The molecule has 3 rings (SSSR count). The van der Waals surface area contributed by atoms with E-state index in [4.69, 9.17) is 4.74 Å². The number of aryl methyl sites for hydroxylation is 1. The lowest BCUT2D eigenvalue weighted by Crippen LogP contribution is -2.17. The molecule has 0 saturated carbocycles. The van der Waals surface area contributed by atoms with Gasteiger partial charge in [0.05, 0.1) is 11.9 Å². The van der Waals surface area contributed by atoms with Gasteiger partial charge in [-0.3, -0.25) is 9.36 Å². The lowest BCUT2D eigenvalue weighted by molar-refractivity contribution is 0.345. The molecule has 0 amide bonds. The highest BCUT2D eigenvalue weighted by Gasteiger charge is 2.18. The number of thiophene rings is 1. The molecule has 0 aliphatic carbocycles. The van der Waals surface area contributed by atoms with Gasteiger partial charge in [0.1, 0.15) is 11.4 Å². The molecular formula is C9H8N2O2S. The second kappa shape index (κ2) is 2.57. The molecule has 2 aromatic heterocycles. The third-order valence-corrected chi connectivity index (χ3v) is 3.23. The number of nitrogens with zero attached hydrogens (tertiary/aromatic N) is 2. The fourth-order valence-corrected chi connectivity index (χ4v) is 2.51. The maximum atomic E-state index is 11.9. The monoisotopic (exact) mass is 208 g/mol. The Labute approximate surface area is 83.8 Å². The minimum absolute atomic E-state index is 0.0202. The zero-order chi connectivity index (χ0) is 9.71. The summed E-state index contributed by atoms with van der Waals surface area (Å²) in [5.41, 5.74) is 0.0202. The number of hydrogen-bond acceptors (Lipinski definition) is 4. The van der Waals surface area contributed by atoms with Crippen molar-refractivity contribution in [3.63, 3.8) is 0 Å². The van der Waals surface area contributed by atoms with Gasteiger partial charge in [0, 0.05) is 4.88 Å². The van der Waals surface area contributed by atoms with Crippen LogP contribution in [0.4, 0.5) is 0 Å². The molecule has 0 spiro atoms. The van der Waals surface area contributed by atoms with Gasteiger partial charge in [-0.25, -0.2) is 0 Å². The Balaban J connectivity index is 2.49. The van der Waals surface area contributed by atoms with E-state index in [0.29, 0.717) is 24.5 Å². The van der Waals surface area contributed by atoms with E-state index in [1.807, 2.05) is 13.0 Å². The molecule has 0 bridgehead atoms. The summed E-state index contributed by atoms with van der Waals surface area (Å²) in [7, 11) is 0. The molecule has 3 heterocycles. The average molecular weight is 208 g/mol. The Kier molecular flexibility index (Phi) is 1.47. The molecule has 5 heteroatoms. The summed E-state index contributed by atoms with van der Waals surface area (Å²) in [4.78, 5) is 18.1. The van der Waals surface area contributed by atoms with Crippen LogP contribution < -0.4 is 10.3 Å². The van der Waals surface area contributed by atoms with E-state index in [0.717, 1.165) is 9.71 Å². The minimum atomic E-state index is 0.0202. The van der Waals surface area contributed by atoms with Crippen LogP contribution in [-0.4, -0.2) is 16.2 Å². The van der Waals surface area contributed by atoms with Gasteiger partial charge in [-0.1, -0.05) is 0 Å². The van der Waals surface area contributed by atoms with Crippen molar-refractivity contribution < 1.29 is 4.74 Å². The van der Waals surface area contributed by atoms with Crippen LogP contribution in [0.25, 0.3) is 10.2 Å². The average Bonchev–Trinajstić information content (AvgIpc) is 2.71. The standard InChI is InChI=1S/C9H8N2O2S/c1-5-4-6-7(14-5)10-9-11(8(6)12)2-3-13-9/h4H,2-3H2,1H3. The highest BCUT2D eigenvalue weighted by atomic mass is 32.1. The van der Waals surface area contributed by atoms with Crippen molar-refractivity contribution in [1.29, 1.82) is 0 Å². The van der Waals surface area contributed by atoms with Crippen molar-refractivity contribution in [2.75, 3.05) is 6.61 Å². The second-order valence-corrected chi connectivity index (χ2v) is 4.51. The summed E-state index contributed by atoms with van der Waals surface area (Å²) >= 11 is 1.53.